The number of aryl methyl sites for hydroxylation is 1. The number of rotatable bonds is 9. The second-order valence-corrected chi connectivity index (χ2v) is 9.14. The van der Waals surface area contributed by atoms with Crippen molar-refractivity contribution < 1.29 is 26.7 Å². The van der Waals surface area contributed by atoms with Gasteiger partial charge in [0, 0.05) is 59.3 Å². The Hall–Kier alpha value is -4.53. The second kappa shape index (κ2) is 12.8. The fourth-order valence-electron chi connectivity index (χ4n) is 4.12. The molecule has 12 heteroatoms. The Morgan fingerprint density at radius 2 is 1.83 bits per heavy atom. The van der Waals surface area contributed by atoms with Crippen molar-refractivity contribution in [3.8, 4) is 6.07 Å². The molecule has 0 aliphatic carbocycles. The number of aromatic nitrogens is 4. The molecular weight excluding hydrogens is 543 g/mol. The van der Waals surface area contributed by atoms with Gasteiger partial charge in [-0.3, -0.25) is 24.7 Å². The third-order valence-corrected chi connectivity index (χ3v) is 6.34. The Balaban J connectivity index is 2.24. The second-order valence-electron chi connectivity index (χ2n) is 9.14. The summed E-state index contributed by atoms with van der Waals surface area (Å²) in [4.78, 5) is 29.3. The first kappa shape index (κ1) is 31.0. The van der Waals surface area contributed by atoms with Crippen LogP contribution in [0.4, 0.5) is 22.0 Å². The van der Waals surface area contributed by atoms with Crippen LogP contribution in [0.3, 0.4) is 0 Å². The number of allylic oxidation sites excluding steroid dienone is 4. The number of pyridine rings is 2. The fraction of sp³-hybridized carbons (Fsp3) is 0.310. The molecule has 1 amide bonds. The molecule has 0 saturated heterocycles. The van der Waals surface area contributed by atoms with E-state index in [2.05, 4.69) is 26.0 Å². The maximum Gasteiger partial charge on any atom is 0.408 e. The highest BCUT2D eigenvalue weighted by Gasteiger charge is 2.37. The summed E-state index contributed by atoms with van der Waals surface area (Å²) in [7, 11) is 0. The molecule has 0 saturated carbocycles. The number of carbonyl (C=O) groups is 1. The molecule has 3 rings (SSSR count). The Kier molecular flexibility index (Phi) is 9.65. The van der Waals surface area contributed by atoms with Crippen LogP contribution in [0.5, 0.6) is 0 Å². The molecule has 0 bridgehead atoms. The van der Waals surface area contributed by atoms with Gasteiger partial charge in [0.2, 0.25) is 0 Å². The standard InChI is InChI=1S/C29H27F5N6O/c1-5-9-28(30,31)20-12-22(17(3)38-15-20)23(13-35)26(21(6-2)25-16-36-10-11-37-25)24-8-7-19(14-39-24)27(41)40-18(4)29(32,33)34/h5,7-12,14-16,18,21H,6H2,1-4H3,(H,40,41). The van der Waals surface area contributed by atoms with Crippen LogP contribution in [0.2, 0.25) is 0 Å². The van der Waals surface area contributed by atoms with E-state index in [4.69, 9.17) is 0 Å². The van der Waals surface area contributed by atoms with Gasteiger partial charge in [-0.1, -0.05) is 13.0 Å². The monoisotopic (exact) mass is 570 g/mol. The van der Waals surface area contributed by atoms with E-state index in [-0.39, 0.29) is 22.4 Å². The summed E-state index contributed by atoms with van der Waals surface area (Å²) in [5.41, 5.74) is 0.879. The molecule has 41 heavy (non-hydrogen) atoms. The van der Waals surface area contributed by atoms with Gasteiger partial charge in [-0.15, -0.1) is 0 Å². The molecule has 0 fully saturated rings. The van der Waals surface area contributed by atoms with E-state index in [0.717, 1.165) is 25.4 Å². The highest BCUT2D eigenvalue weighted by atomic mass is 19.4. The number of hydrogen-bond donors (Lipinski definition) is 1. The first-order valence-electron chi connectivity index (χ1n) is 12.6. The van der Waals surface area contributed by atoms with Crippen molar-refractivity contribution in [3.63, 3.8) is 0 Å². The minimum absolute atomic E-state index is 0.000950. The molecule has 0 aliphatic heterocycles. The van der Waals surface area contributed by atoms with Crippen molar-refractivity contribution in [3.05, 3.63) is 95.1 Å². The minimum atomic E-state index is -4.63. The molecule has 2 atom stereocenters. The molecule has 3 aromatic rings. The summed E-state index contributed by atoms with van der Waals surface area (Å²) >= 11 is 0. The summed E-state index contributed by atoms with van der Waals surface area (Å²) in [5.74, 6) is -4.92. The van der Waals surface area contributed by atoms with Gasteiger partial charge in [0.15, 0.2) is 0 Å². The topological polar surface area (TPSA) is 104 Å². The van der Waals surface area contributed by atoms with E-state index in [1.807, 2.05) is 12.2 Å². The molecule has 214 valence electrons. The van der Waals surface area contributed by atoms with Crippen LogP contribution in [0, 0.1) is 18.3 Å². The molecular formula is C29H27F5N6O. The molecule has 3 heterocycles. The molecule has 1 N–H and O–H groups in total. The zero-order valence-electron chi connectivity index (χ0n) is 22.7. The lowest BCUT2D eigenvalue weighted by atomic mass is 9.84. The number of carbonyl (C=O) groups excluding carboxylic acids is 1. The van der Waals surface area contributed by atoms with Gasteiger partial charge < -0.3 is 5.32 Å². The van der Waals surface area contributed by atoms with Gasteiger partial charge in [-0.25, -0.2) is 0 Å². The predicted molar refractivity (Wildman–Crippen MR) is 142 cm³/mol. The predicted octanol–water partition coefficient (Wildman–Crippen LogP) is 6.55. The average Bonchev–Trinajstić information content (AvgIpc) is 2.93. The van der Waals surface area contributed by atoms with E-state index < -0.39 is 35.5 Å². The molecule has 0 aromatic carbocycles. The van der Waals surface area contributed by atoms with Crippen LogP contribution in [0.15, 0.2) is 61.3 Å². The zero-order valence-corrected chi connectivity index (χ0v) is 22.7. The van der Waals surface area contributed by atoms with Crippen molar-refractivity contribution in [2.24, 2.45) is 0 Å². The van der Waals surface area contributed by atoms with E-state index in [9.17, 15) is 32.0 Å². The van der Waals surface area contributed by atoms with Gasteiger partial charge in [-0.05, 0) is 51.5 Å². The number of nitrogens with one attached hydrogen (secondary N) is 1. The van der Waals surface area contributed by atoms with Crippen molar-refractivity contribution >= 4 is 17.1 Å². The van der Waals surface area contributed by atoms with Crippen molar-refractivity contribution in [2.45, 2.75) is 58.2 Å². The first-order chi connectivity index (χ1) is 19.3. The lowest BCUT2D eigenvalue weighted by Crippen LogP contribution is -2.43. The third kappa shape index (κ3) is 7.16. The number of nitrogens with zero attached hydrogens (tertiary/aromatic N) is 5. The largest absolute Gasteiger partial charge is 0.408 e. The van der Waals surface area contributed by atoms with E-state index in [0.29, 0.717) is 23.4 Å². The summed E-state index contributed by atoms with van der Waals surface area (Å²) in [6, 6.07) is 3.90. The van der Waals surface area contributed by atoms with Crippen LogP contribution in [0.1, 0.15) is 71.7 Å². The Labute approximate surface area is 233 Å². The lowest BCUT2D eigenvalue weighted by molar-refractivity contribution is -0.149. The number of amides is 1. The average molecular weight is 571 g/mol. The van der Waals surface area contributed by atoms with Gasteiger partial charge >= 0.3 is 6.18 Å². The van der Waals surface area contributed by atoms with Crippen LogP contribution >= 0.6 is 0 Å². The molecule has 2 unspecified atom stereocenters. The number of alkyl halides is 5. The Morgan fingerprint density at radius 1 is 1.10 bits per heavy atom. The lowest BCUT2D eigenvalue weighted by Gasteiger charge is -2.22. The number of halogens is 5. The molecule has 0 spiro atoms. The summed E-state index contributed by atoms with van der Waals surface area (Å²) < 4.78 is 68.3. The molecule has 3 aromatic heterocycles. The van der Waals surface area contributed by atoms with Crippen LogP contribution in [-0.4, -0.2) is 38.1 Å². The Bertz CT molecular complexity index is 1480. The van der Waals surface area contributed by atoms with Crippen molar-refractivity contribution in [1.82, 2.24) is 25.3 Å². The normalized spacial score (nSPS) is 14.2. The van der Waals surface area contributed by atoms with Gasteiger partial charge in [0.05, 0.1) is 22.5 Å². The first-order valence-corrected chi connectivity index (χ1v) is 12.6. The van der Waals surface area contributed by atoms with Gasteiger partial charge in [0.1, 0.15) is 12.1 Å². The van der Waals surface area contributed by atoms with Crippen LogP contribution in [-0.2, 0) is 5.92 Å². The minimum Gasteiger partial charge on any atom is -0.340 e. The van der Waals surface area contributed by atoms with E-state index >= 15 is 0 Å². The third-order valence-electron chi connectivity index (χ3n) is 6.34. The zero-order chi connectivity index (χ0) is 30.4. The molecule has 0 aliphatic rings. The van der Waals surface area contributed by atoms with E-state index in [1.165, 1.54) is 49.8 Å². The maximum absolute atomic E-state index is 14.8. The summed E-state index contributed by atoms with van der Waals surface area (Å²) in [6.45, 7) is 5.68. The van der Waals surface area contributed by atoms with E-state index in [1.54, 1.807) is 6.92 Å². The van der Waals surface area contributed by atoms with Crippen LogP contribution in [0.25, 0.3) is 11.1 Å². The highest BCUT2D eigenvalue weighted by molar-refractivity contribution is 6.00. The molecule has 7 nitrogen and oxygen atoms in total. The SMILES string of the molecule is CC=CC(F)(F)c1cnc(C)c(C(C#N)=C(c2ccc(C(=O)NC(C)C(F)(F)F)cn2)C(CC)c2cnccn2)c1. The summed E-state index contributed by atoms with van der Waals surface area (Å²) in [6.07, 6.45) is 4.28. The van der Waals surface area contributed by atoms with Crippen LogP contribution < -0.4 is 5.32 Å². The quantitative estimate of drug-likeness (QED) is 0.178. The maximum atomic E-state index is 14.8. The van der Waals surface area contributed by atoms with Gasteiger partial charge in [-0.2, -0.15) is 27.2 Å². The highest BCUT2D eigenvalue weighted by Crippen LogP contribution is 2.40. The van der Waals surface area contributed by atoms with Crippen molar-refractivity contribution in [1.29, 1.82) is 5.26 Å². The summed E-state index contributed by atoms with van der Waals surface area (Å²) in [5, 5.41) is 12.2. The number of nitriles is 1. The Morgan fingerprint density at radius 3 is 2.37 bits per heavy atom. The number of hydrogen-bond acceptors (Lipinski definition) is 6. The van der Waals surface area contributed by atoms with Crippen molar-refractivity contribution in [2.75, 3.05) is 0 Å². The smallest absolute Gasteiger partial charge is 0.340 e. The van der Waals surface area contributed by atoms with Gasteiger partial charge in [0.25, 0.3) is 11.8 Å². The fourth-order valence-corrected chi connectivity index (χ4v) is 4.12. The molecule has 0 radical (unpaired) electrons.